The molecular weight excluding hydrogens is 491 g/mol. The van der Waals surface area contributed by atoms with Gasteiger partial charge in [0.1, 0.15) is 11.6 Å². The molecule has 5 aromatic rings. The van der Waals surface area contributed by atoms with Gasteiger partial charge < -0.3 is 14.5 Å². The first-order valence-electron chi connectivity index (χ1n) is 11.5. The Hall–Kier alpha value is -4.37. The number of carbonyl (C=O) groups excluding carboxylic acids is 1. The van der Waals surface area contributed by atoms with E-state index in [0.29, 0.717) is 34.6 Å². The Morgan fingerprint density at radius 3 is 2.38 bits per heavy atom. The molecule has 1 amide bonds. The highest BCUT2D eigenvalue weighted by molar-refractivity contribution is 7.98. The second kappa shape index (κ2) is 11.1. The normalized spacial score (nSPS) is 10.9. The van der Waals surface area contributed by atoms with Gasteiger partial charge in [0.2, 0.25) is 5.82 Å². The fourth-order valence-electron chi connectivity index (χ4n) is 3.68. The first-order chi connectivity index (χ1) is 18.1. The van der Waals surface area contributed by atoms with Gasteiger partial charge in [0, 0.05) is 17.9 Å². The molecule has 7 nitrogen and oxygen atoms in total. The summed E-state index contributed by atoms with van der Waals surface area (Å²) in [6.45, 7) is 0.329. The van der Waals surface area contributed by atoms with Crippen LogP contribution in [0.4, 0.5) is 4.39 Å². The minimum absolute atomic E-state index is 0.189. The molecule has 0 fully saturated rings. The van der Waals surface area contributed by atoms with Gasteiger partial charge in [-0.2, -0.15) is 0 Å². The molecule has 0 saturated carbocycles. The third kappa shape index (κ3) is 5.73. The fourth-order valence-corrected chi connectivity index (χ4v) is 4.59. The van der Waals surface area contributed by atoms with Crippen LogP contribution in [0.25, 0.3) is 17.3 Å². The summed E-state index contributed by atoms with van der Waals surface area (Å²) in [7, 11) is 1.63. The number of aromatic nitrogens is 3. The van der Waals surface area contributed by atoms with Crippen molar-refractivity contribution in [1.29, 1.82) is 0 Å². The molecule has 5 rings (SSSR count). The first kappa shape index (κ1) is 24.3. The number of benzene rings is 3. The van der Waals surface area contributed by atoms with Crippen LogP contribution in [0.5, 0.6) is 5.75 Å². The summed E-state index contributed by atoms with van der Waals surface area (Å²) in [4.78, 5) is 12.5. The largest absolute Gasteiger partial charge is 0.497 e. The zero-order chi connectivity index (χ0) is 25.6. The molecule has 2 heterocycles. The smallest absolute Gasteiger partial charge is 0.251 e. The topological polar surface area (TPSA) is 82.2 Å². The molecule has 0 saturated heterocycles. The Labute approximate surface area is 217 Å². The molecule has 0 atom stereocenters. The lowest BCUT2D eigenvalue weighted by Crippen LogP contribution is -2.22. The maximum Gasteiger partial charge on any atom is 0.251 e. The van der Waals surface area contributed by atoms with Crippen LogP contribution in [0, 0.1) is 5.82 Å². The van der Waals surface area contributed by atoms with E-state index in [9.17, 15) is 9.18 Å². The van der Waals surface area contributed by atoms with Crippen LogP contribution in [-0.4, -0.2) is 27.8 Å². The van der Waals surface area contributed by atoms with Crippen molar-refractivity contribution in [3.8, 4) is 23.0 Å². The lowest BCUT2D eigenvalue weighted by atomic mass is 10.1. The van der Waals surface area contributed by atoms with Crippen molar-refractivity contribution in [2.24, 2.45) is 0 Å². The summed E-state index contributed by atoms with van der Waals surface area (Å²) in [6.07, 6.45) is 1.60. The van der Waals surface area contributed by atoms with Gasteiger partial charge in [-0.25, -0.2) is 4.39 Å². The quantitative estimate of drug-likeness (QED) is 0.247. The molecule has 3 aromatic carbocycles. The number of hydrogen-bond donors (Lipinski definition) is 1. The third-order valence-corrected chi connectivity index (χ3v) is 6.66. The highest BCUT2D eigenvalue weighted by Crippen LogP contribution is 2.30. The molecule has 0 aliphatic heterocycles. The molecule has 0 aliphatic carbocycles. The predicted molar refractivity (Wildman–Crippen MR) is 139 cm³/mol. The van der Waals surface area contributed by atoms with E-state index < -0.39 is 0 Å². The molecule has 0 spiro atoms. The lowest BCUT2D eigenvalue weighted by Gasteiger charge is -2.10. The van der Waals surface area contributed by atoms with E-state index in [1.54, 1.807) is 37.6 Å². The van der Waals surface area contributed by atoms with Gasteiger partial charge in [-0.15, -0.1) is 10.2 Å². The highest BCUT2D eigenvalue weighted by atomic mass is 32.2. The van der Waals surface area contributed by atoms with Crippen LogP contribution in [0.1, 0.15) is 21.5 Å². The molecule has 2 aromatic heterocycles. The Balaban J connectivity index is 1.28. The van der Waals surface area contributed by atoms with E-state index in [-0.39, 0.29) is 11.7 Å². The molecule has 9 heteroatoms. The van der Waals surface area contributed by atoms with Crippen LogP contribution in [0.3, 0.4) is 0 Å². The second-order valence-corrected chi connectivity index (χ2v) is 9.05. The molecule has 37 heavy (non-hydrogen) atoms. The number of amides is 1. The van der Waals surface area contributed by atoms with E-state index in [2.05, 4.69) is 15.5 Å². The van der Waals surface area contributed by atoms with Gasteiger partial charge in [0.15, 0.2) is 10.9 Å². The summed E-state index contributed by atoms with van der Waals surface area (Å²) in [5, 5.41) is 12.3. The predicted octanol–water partition coefficient (Wildman–Crippen LogP) is 5.90. The van der Waals surface area contributed by atoms with Crippen molar-refractivity contribution in [2.45, 2.75) is 17.5 Å². The number of carbonyl (C=O) groups is 1. The number of halogens is 1. The Morgan fingerprint density at radius 1 is 0.973 bits per heavy atom. The van der Waals surface area contributed by atoms with Crippen molar-refractivity contribution in [2.75, 3.05) is 7.11 Å². The summed E-state index contributed by atoms with van der Waals surface area (Å²) < 4.78 is 25.9. The number of hydrogen-bond acceptors (Lipinski definition) is 6. The number of nitrogens with one attached hydrogen (secondary N) is 1. The minimum atomic E-state index is -0.303. The Bertz CT molecular complexity index is 1470. The standard InChI is InChI=1S/C28H23FN4O3S/c1-35-24-14-12-23(13-15-24)33-26(25-3-2-16-36-25)31-32-28(33)37-18-20-4-8-21(9-5-20)27(34)30-17-19-6-10-22(29)11-7-19/h2-16H,17-18H2,1H3,(H,30,34). The molecule has 0 unspecified atom stereocenters. The van der Waals surface area contributed by atoms with Crippen LogP contribution in [-0.2, 0) is 12.3 Å². The van der Waals surface area contributed by atoms with Gasteiger partial charge in [0.05, 0.1) is 19.1 Å². The molecule has 186 valence electrons. The van der Waals surface area contributed by atoms with E-state index in [4.69, 9.17) is 9.15 Å². The van der Waals surface area contributed by atoms with Crippen LogP contribution in [0.15, 0.2) is 101 Å². The number of rotatable bonds is 9. The average Bonchev–Trinajstić information content (AvgIpc) is 3.62. The van der Waals surface area contributed by atoms with Gasteiger partial charge in [-0.1, -0.05) is 36.0 Å². The maximum atomic E-state index is 13.1. The van der Waals surface area contributed by atoms with E-state index >= 15 is 0 Å². The van der Waals surface area contributed by atoms with Crippen LogP contribution in [0.2, 0.25) is 0 Å². The van der Waals surface area contributed by atoms with Crippen LogP contribution < -0.4 is 10.1 Å². The number of furan rings is 1. The zero-order valence-corrected chi connectivity index (χ0v) is 20.7. The highest BCUT2D eigenvalue weighted by Gasteiger charge is 2.18. The van der Waals surface area contributed by atoms with Crippen molar-refractivity contribution < 1.29 is 18.3 Å². The van der Waals surface area contributed by atoms with Crippen LogP contribution >= 0.6 is 11.8 Å². The first-order valence-corrected chi connectivity index (χ1v) is 12.5. The number of ether oxygens (including phenoxy) is 1. The van der Waals surface area contributed by atoms with Crippen molar-refractivity contribution in [3.05, 3.63) is 114 Å². The summed E-state index contributed by atoms with van der Waals surface area (Å²) in [5.74, 6) is 2.11. The monoisotopic (exact) mass is 514 g/mol. The minimum Gasteiger partial charge on any atom is -0.497 e. The molecule has 0 bridgehead atoms. The van der Waals surface area contributed by atoms with Crippen molar-refractivity contribution in [3.63, 3.8) is 0 Å². The third-order valence-electron chi connectivity index (χ3n) is 5.66. The second-order valence-electron chi connectivity index (χ2n) is 8.11. The SMILES string of the molecule is COc1ccc(-n2c(SCc3ccc(C(=O)NCc4ccc(F)cc4)cc3)nnc2-c2ccco2)cc1. The van der Waals surface area contributed by atoms with E-state index in [1.165, 1.54) is 23.9 Å². The van der Waals surface area contributed by atoms with Gasteiger partial charge in [-0.05, 0) is 71.8 Å². The van der Waals surface area contributed by atoms with E-state index in [0.717, 1.165) is 22.6 Å². The van der Waals surface area contributed by atoms with E-state index in [1.807, 2.05) is 53.1 Å². The van der Waals surface area contributed by atoms with Gasteiger partial charge in [-0.3, -0.25) is 9.36 Å². The lowest BCUT2D eigenvalue weighted by molar-refractivity contribution is 0.0951. The number of thioether (sulfide) groups is 1. The number of methoxy groups -OCH3 is 1. The Kier molecular flexibility index (Phi) is 7.32. The summed E-state index contributed by atoms with van der Waals surface area (Å²) in [5.41, 5.74) is 3.30. The van der Waals surface area contributed by atoms with Crippen molar-refractivity contribution >= 4 is 17.7 Å². The number of nitrogens with zero attached hydrogens (tertiary/aromatic N) is 3. The molecule has 1 N–H and O–H groups in total. The van der Waals surface area contributed by atoms with Gasteiger partial charge >= 0.3 is 0 Å². The maximum absolute atomic E-state index is 13.1. The summed E-state index contributed by atoms with van der Waals surface area (Å²) >= 11 is 1.53. The van der Waals surface area contributed by atoms with Gasteiger partial charge in [0.25, 0.3) is 5.91 Å². The summed E-state index contributed by atoms with van der Waals surface area (Å²) in [6, 6.07) is 24.8. The molecular formula is C28H23FN4O3S. The zero-order valence-electron chi connectivity index (χ0n) is 19.9. The fraction of sp³-hybridized carbons (Fsp3) is 0.107. The van der Waals surface area contributed by atoms with Crippen molar-refractivity contribution in [1.82, 2.24) is 20.1 Å². The molecule has 0 aliphatic rings. The average molecular weight is 515 g/mol. The molecule has 0 radical (unpaired) electrons. The Morgan fingerprint density at radius 2 is 1.70 bits per heavy atom.